The van der Waals surface area contributed by atoms with E-state index in [0.29, 0.717) is 5.91 Å². The summed E-state index contributed by atoms with van der Waals surface area (Å²) in [6.45, 7) is 5.72. The Morgan fingerprint density at radius 2 is 1.61 bits per heavy atom. The fourth-order valence-corrected chi connectivity index (χ4v) is 5.09. The van der Waals surface area contributed by atoms with Gasteiger partial charge in [-0.2, -0.15) is 0 Å². The lowest BCUT2D eigenvalue weighted by molar-refractivity contribution is -0.124. The zero-order chi connectivity index (χ0) is 19.0. The molecule has 2 fully saturated rings. The number of carbonyl (C=O) groups is 1. The highest BCUT2D eigenvalue weighted by Crippen LogP contribution is 2.48. The van der Waals surface area contributed by atoms with Gasteiger partial charge >= 0.3 is 0 Å². The first-order chi connectivity index (χ1) is 13.8. The number of rotatable bonds is 4. The van der Waals surface area contributed by atoms with Gasteiger partial charge in [-0.1, -0.05) is 18.2 Å². The standard InChI is InChI=1S/C22H27N5O/c28-20-22(8-14-26(15-9-22)21-23-10-5-11-24-21)18-6-1-2-7-19(18)27(20)17-16-25-12-3-4-13-25/h1-2,5-7,10-11H,3-4,8-9,12-17H2. The lowest BCUT2D eigenvalue weighted by Crippen LogP contribution is -2.50. The zero-order valence-electron chi connectivity index (χ0n) is 16.3. The van der Waals surface area contributed by atoms with Gasteiger partial charge in [0.1, 0.15) is 0 Å². The Morgan fingerprint density at radius 1 is 0.893 bits per heavy atom. The Labute approximate surface area is 166 Å². The molecule has 1 aromatic carbocycles. The van der Waals surface area contributed by atoms with Crippen LogP contribution < -0.4 is 9.80 Å². The van der Waals surface area contributed by atoms with Crippen LogP contribution in [0.2, 0.25) is 0 Å². The van der Waals surface area contributed by atoms with E-state index < -0.39 is 0 Å². The molecule has 2 saturated heterocycles. The van der Waals surface area contributed by atoms with Gasteiger partial charge in [-0.15, -0.1) is 0 Å². The SMILES string of the molecule is O=C1N(CCN2CCCC2)c2ccccc2C12CCN(c1ncccn1)CC2. The molecule has 6 heteroatoms. The molecule has 4 heterocycles. The molecule has 3 aliphatic heterocycles. The molecule has 28 heavy (non-hydrogen) atoms. The molecule has 146 valence electrons. The number of aromatic nitrogens is 2. The van der Waals surface area contributed by atoms with Crippen LogP contribution in [0.15, 0.2) is 42.7 Å². The van der Waals surface area contributed by atoms with E-state index in [0.717, 1.165) is 50.7 Å². The summed E-state index contributed by atoms with van der Waals surface area (Å²) in [5.74, 6) is 1.06. The van der Waals surface area contributed by atoms with Crippen molar-refractivity contribution in [1.29, 1.82) is 0 Å². The summed E-state index contributed by atoms with van der Waals surface area (Å²) < 4.78 is 0. The molecular weight excluding hydrogens is 350 g/mol. The molecule has 6 nitrogen and oxygen atoms in total. The predicted octanol–water partition coefficient (Wildman–Crippen LogP) is 2.46. The van der Waals surface area contributed by atoms with Crippen LogP contribution in [-0.4, -0.2) is 60.0 Å². The van der Waals surface area contributed by atoms with Crippen molar-refractivity contribution in [1.82, 2.24) is 14.9 Å². The average molecular weight is 377 g/mol. The molecule has 0 radical (unpaired) electrons. The predicted molar refractivity (Wildman–Crippen MR) is 110 cm³/mol. The first kappa shape index (κ1) is 17.6. The van der Waals surface area contributed by atoms with Crippen LogP contribution in [0.5, 0.6) is 0 Å². The number of amides is 1. The molecule has 3 aliphatic rings. The summed E-state index contributed by atoms with van der Waals surface area (Å²) in [5.41, 5.74) is 1.96. The van der Waals surface area contributed by atoms with Crippen molar-refractivity contribution in [2.45, 2.75) is 31.1 Å². The number of para-hydroxylation sites is 1. The normalized spacial score (nSPS) is 21.5. The van der Waals surface area contributed by atoms with Crippen LogP contribution in [0.3, 0.4) is 0 Å². The van der Waals surface area contributed by atoms with Crippen LogP contribution in [0.4, 0.5) is 11.6 Å². The Kier molecular flexibility index (Phi) is 4.51. The molecule has 0 saturated carbocycles. The van der Waals surface area contributed by atoms with E-state index in [-0.39, 0.29) is 5.41 Å². The van der Waals surface area contributed by atoms with Gasteiger partial charge in [0, 0.05) is 44.3 Å². The molecule has 1 spiro atoms. The number of anilines is 2. The minimum Gasteiger partial charge on any atom is -0.341 e. The smallest absolute Gasteiger partial charge is 0.237 e. The third-order valence-electron chi connectivity index (χ3n) is 6.66. The third-order valence-corrected chi connectivity index (χ3v) is 6.66. The first-order valence-corrected chi connectivity index (χ1v) is 10.4. The lowest BCUT2D eigenvalue weighted by atomic mass is 9.73. The monoisotopic (exact) mass is 377 g/mol. The highest BCUT2D eigenvalue weighted by molar-refractivity contribution is 6.08. The summed E-state index contributed by atoms with van der Waals surface area (Å²) >= 11 is 0. The summed E-state index contributed by atoms with van der Waals surface area (Å²) in [7, 11) is 0. The molecule has 0 aliphatic carbocycles. The van der Waals surface area contributed by atoms with Crippen LogP contribution in [-0.2, 0) is 10.2 Å². The van der Waals surface area contributed by atoms with Crippen LogP contribution in [0.25, 0.3) is 0 Å². The maximum atomic E-state index is 13.6. The second-order valence-corrected chi connectivity index (χ2v) is 8.14. The van der Waals surface area contributed by atoms with Gasteiger partial charge < -0.3 is 14.7 Å². The van der Waals surface area contributed by atoms with Crippen LogP contribution >= 0.6 is 0 Å². The first-order valence-electron chi connectivity index (χ1n) is 10.4. The van der Waals surface area contributed by atoms with Crippen LogP contribution in [0.1, 0.15) is 31.2 Å². The van der Waals surface area contributed by atoms with Gasteiger partial charge in [0.15, 0.2) is 0 Å². The number of likely N-dealkylation sites (tertiary alicyclic amines) is 1. The minimum atomic E-state index is -0.382. The number of carbonyl (C=O) groups excluding carboxylic acids is 1. The van der Waals surface area contributed by atoms with Crippen molar-refractivity contribution >= 4 is 17.5 Å². The Bertz CT molecular complexity index is 841. The molecular formula is C22H27N5O. The molecule has 0 bridgehead atoms. The van der Waals surface area contributed by atoms with Crippen molar-refractivity contribution in [3.05, 3.63) is 48.3 Å². The maximum Gasteiger partial charge on any atom is 0.237 e. The zero-order valence-corrected chi connectivity index (χ0v) is 16.3. The molecule has 2 aromatic rings. The van der Waals surface area contributed by atoms with Crippen molar-refractivity contribution in [2.24, 2.45) is 0 Å². The summed E-state index contributed by atoms with van der Waals surface area (Å²) in [4.78, 5) is 29.2. The number of nitrogens with zero attached hydrogens (tertiary/aromatic N) is 5. The molecule has 0 N–H and O–H groups in total. The summed E-state index contributed by atoms with van der Waals surface area (Å²) in [5, 5.41) is 0. The van der Waals surface area contributed by atoms with Gasteiger partial charge in [0.25, 0.3) is 0 Å². The fourth-order valence-electron chi connectivity index (χ4n) is 5.09. The number of hydrogen-bond acceptors (Lipinski definition) is 5. The van der Waals surface area contributed by atoms with Crippen molar-refractivity contribution < 1.29 is 4.79 Å². The second kappa shape index (κ2) is 7.17. The van der Waals surface area contributed by atoms with E-state index >= 15 is 0 Å². The molecule has 0 unspecified atom stereocenters. The maximum absolute atomic E-state index is 13.6. The number of fused-ring (bicyclic) bond motifs is 2. The molecule has 1 amide bonds. The molecule has 0 atom stereocenters. The summed E-state index contributed by atoms with van der Waals surface area (Å²) in [6.07, 6.45) is 7.77. The second-order valence-electron chi connectivity index (χ2n) is 8.14. The van der Waals surface area contributed by atoms with Crippen molar-refractivity contribution in [2.75, 3.05) is 49.1 Å². The Balaban J connectivity index is 1.37. The van der Waals surface area contributed by atoms with E-state index in [4.69, 9.17) is 0 Å². The average Bonchev–Trinajstić information content (AvgIpc) is 3.35. The lowest BCUT2D eigenvalue weighted by Gasteiger charge is -2.38. The number of hydrogen-bond donors (Lipinski definition) is 0. The third kappa shape index (κ3) is 2.87. The quantitative estimate of drug-likeness (QED) is 0.819. The van der Waals surface area contributed by atoms with E-state index in [1.165, 1.54) is 31.5 Å². The largest absolute Gasteiger partial charge is 0.341 e. The minimum absolute atomic E-state index is 0.293. The molecule has 1 aromatic heterocycles. The number of piperidine rings is 1. The van der Waals surface area contributed by atoms with E-state index in [2.05, 4.69) is 48.9 Å². The van der Waals surface area contributed by atoms with Gasteiger partial charge in [0.2, 0.25) is 11.9 Å². The van der Waals surface area contributed by atoms with E-state index in [1.807, 2.05) is 6.07 Å². The summed E-state index contributed by atoms with van der Waals surface area (Å²) in [6, 6.07) is 10.3. The fraction of sp³-hybridized carbons (Fsp3) is 0.500. The van der Waals surface area contributed by atoms with E-state index in [9.17, 15) is 4.79 Å². The van der Waals surface area contributed by atoms with Gasteiger partial charge in [0.05, 0.1) is 5.41 Å². The van der Waals surface area contributed by atoms with E-state index in [1.54, 1.807) is 12.4 Å². The highest BCUT2D eigenvalue weighted by Gasteiger charge is 2.51. The number of benzene rings is 1. The Morgan fingerprint density at radius 3 is 2.36 bits per heavy atom. The highest BCUT2D eigenvalue weighted by atomic mass is 16.2. The topological polar surface area (TPSA) is 52.6 Å². The Hall–Kier alpha value is -2.47. The molecule has 5 rings (SSSR count). The van der Waals surface area contributed by atoms with Crippen LogP contribution in [0, 0.1) is 0 Å². The van der Waals surface area contributed by atoms with Gasteiger partial charge in [-0.05, 0) is 56.5 Å². The van der Waals surface area contributed by atoms with Crippen molar-refractivity contribution in [3.63, 3.8) is 0 Å². The van der Waals surface area contributed by atoms with Gasteiger partial charge in [-0.25, -0.2) is 9.97 Å². The van der Waals surface area contributed by atoms with Crippen molar-refractivity contribution in [3.8, 4) is 0 Å². The van der Waals surface area contributed by atoms with Gasteiger partial charge in [-0.3, -0.25) is 4.79 Å².